The fourth-order valence-electron chi connectivity index (χ4n) is 3.86. The fourth-order valence-corrected chi connectivity index (χ4v) is 3.86. The van der Waals surface area contributed by atoms with E-state index in [9.17, 15) is 4.79 Å². The van der Waals surface area contributed by atoms with Gasteiger partial charge in [0, 0.05) is 31.2 Å². The second kappa shape index (κ2) is 8.37. The van der Waals surface area contributed by atoms with Crippen molar-refractivity contribution in [1.82, 2.24) is 5.32 Å². The van der Waals surface area contributed by atoms with E-state index < -0.39 is 0 Å². The molecule has 3 heteroatoms. The minimum Gasteiger partial charge on any atom is -0.372 e. The summed E-state index contributed by atoms with van der Waals surface area (Å²) in [5.41, 5.74) is 2.73. The first-order valence-corrected chi connectivity index (χ1v) is 9.44. The zero-order chi connectivity index (χ0) is 15.9. The highest BCUT2D eigenvalue weighted by Crippen LogP contribution is 2.23. The van der Waals surface area contributed by atoms with E-state index >= 15 is 0 Å². The van der Waals surface area contributed by atoms with E-state index in [4.69, 9.17) is 0 Å². The van der Waals surface area contributed by atoms with Gasteiger partial charge in [-0.1, -0.05) is 31.4 Å². The first-order chi connectivity index (χ1) is 11.3. The van der Waals surface area contributed by atoms with Gasteiger partial charge < -0.3 is 10.2 Å². The molecule has 1 aliphatic carbocycles. The van der Waals surface area contributed by atoms with Gasteiger partial charge in [-0.2, -0.15) is 0 Å². The molecule has 1 saturated heterocycles. The lowest BCUT2D eigenvalue weighted by Crippen LogP contribution is -2.32. The van der Waals surface area contributed by atoms with Crippen LogP contribution in [0.15, 0.2) is 24.3 Å². The van der Waals surface area contributed by atoms with Crippen molar-refractivity contribution in [2.75, 3.05) is 24.5 Å². The maximum absolute atomic E-state index is 12.1. The summed E-state index contributed by atoms with van der Waals surface area (Å²) in [6.07, 6.45) is 10.6. The maximum Gasteiger partial charge on any atom is 0.223 e. The normalized spacial score (nSPS) is 19.0. The van der Waals surface area contributed by atoms with Crippen molar-refractivity contribution in [2.45, 2.75) is 57.8 Å². The molecule has 1 saturated carbocycles. The van der Waals surface area contributed by atoms with Crippen LogP contribution in [-0.2, 0) is 11.2 Å². The van der Waals surface area contributed by atoms with Crippen molar-refractivity contribution in [1.29, 1.82) is 0 Å². The van der Waals surface area contributed by atoms with E-state index in [0.717, 1.165) is 32.2 Å². The van der Waals surface area contributed by atoms with Gasteiger partial charge in [-0.3, -0.25) is 4.79 Å². The number of nitrogens with zero attached hydrogens (tertiary/aromatic N) is 1. The molecule has 0 unspecified atom stereocenters. The van der Waals surface area contributed by atoms with Crippen LogP contribution >= 0.6 is 0 Å². The SMILES string of the molecule is O=C(NCCCc1ccc(N2CCCC2)cc1)C1CCCCC1. The molecular formula is C20H30N2O. The molecule has 3 rings (SSSR count). The van der Waals surface area contributed by atoms with Crippen molar-refractivity contribution in [2.24, 2.45) is 5.92 Å². The monoisotopic (exact) mass is 314 g/mol. The molecule has 0 bridgehead atoms. The van der Waals surface area contributed by atoms with Crippen molar-refractivity contribution in [3.05, 3.63) is 29.8 Å². The van der Waals surface area contributed by atoms with Crippen LogP contribution in [0.2, 0.25) is 0 Å². The number of anilines is 1. The predicted octanol–water partition coefficient (Wildman–Crippen LogP) is 3.92. The van der Waals surface area contributed by atoms with Crippen LogP contribution in [0.5, 0.6) is 0 Å². The minimum atomic E-state index is 0.281. The third kappa shape index (κ3) is 4.73. The third-order valence-corrected chi connectivity index (χ3v) is 5.32. The molecular weight excluding hydrogens is 284 g/mol. The Morgan fingerprint density at radius 3 is 2.39 bits per heavy atom. The molecule has 2 fully saturated rings. The van der Waals surface area contributed by atoms with Gasteiger partial charge in [0.25, 0.3) is 0 Å². The molecule has 1 aliphatic heterocycles. The summed E-state index contributed by atoms with van der Waals surface area (Å²) in [5, 5.41) is 3.13. The summed E-state index contributed by atoms with van der Waals surface area (Å²) < 4.78 is 0. The van der Waals surface area contributed by atoms with Crippen molar-refractivity contribution in [3.63, 3.8) is 0 Å². The number of hydrogen-bond acceptors (Lipinski definition) is 2. The van der Waals surface area contributed by atoms with Gasteiger partial charge in [0.1, 0.15) is 0 Å². The smallest absolute Gasteiger partial charge is 0.223 e. The van der Waals surface area contributed by atoms with Crippen LogP contribution in [0.3, 0.4) is 0 Å². The van der Waals surface area contributed by atoms with E-state index in [-0.39, 0.29) is 11.8 Å². The van der Waals surface area contributed by atoms with E-state index in [1.807, 2.05) is 0 Å². The van der Waals surface area contributed by atoms with Crippen LogP contribution < -0.4 is 10.2 Å². The number of carbonyl (C=O) groups excluding carboxylic acids is 1. The van der Waals surface area contributed by atoms with Crippen LogP contribution in [-0.4, -0.2) is 25.5 Å². The molecule has 1 amide bonds. The molecule has 3 nitrogen and oxygen atoms in total. The third-order valence-electron chi connectivity index (χ3n) is 5.32. The molecule has 23 heavy (non-hydrogen) atoms. The summed E-state index contributed by atoms with van der Waals surface area (Å²) in [6.45, 7) is 3.21. The average Bonchev–Trinajstić information content (AvgIpc) is 3.14. The van der Waals surface area contributed by atoms with Crippen molar-refractivity contribution in [3.8, 4) is 0 Å². The van der Waals surface area contributed by atoms with Gasteiger partial charge in [0.15, 0.2) is 0 Å². The summed E-state index contributed by atoms with van der Waals surface area (Å²) >= 11 is 0. The zero-order valence-corrected chi connectivity index (χ0v) is 14.2. The fraction of sp³-hybridized carbons (Fsp3) is 0.650. The number of nitrogens with one attached hydrogen (secondary N) is 1. The number of amides is 1. The first-order valence-electron chi connectivity index (χ1n) is 9.44. The molecule has 0 aromatic heterocycles. The summed E-state index contributed by atoms with van der Waals surface area (Å²) in [7, 11) is 0. The van der Waals surface area contributed by atoms with Gasteiger partial charge in [0.05, 0.1) is 0 Å². The van der Waals surface area contributed by atoms with Crippen LogP contribution in [0.25, 0.3) is 0 Å². The van der Waals surface area contributed by atoms with Crippen molar-refractivity contribution >= 4 is 11.6 Å². The van der Waals surface area contributed by atoms with Crippen LogP contribution in [0, 0.1) is 5.92 Å². The van der Waals surface area contributed by atoms with E-state index in [1.54, 1.807) is 0 Å². The predicted molar refractivity (Wildman–Crippen MR) is 95.8 cm³/mol. The van der Waals surface area contributed by atoms with E-state index in [0.29, 0.717) is 0 Å². The Labute approximate surface area is 140 Å². The molecule has 0 atom stereocenters. The highest BCUT2D eigenvalue weighted by molar-refractivity contribution is 5.78. The Balaban J connectivity index is 1.36. The summed E-state index contributed by atoms with van der Waals surface area (Å²) in [6, 6.07) is 9.00. The first kappa shape index (κ1) is 16.4. The Bertz CT molecular complexity index is 485. The lowest BCUT2D eigenvalue weighted by Gasteiger charge is -2.20. The van der Waals surface area contributed by atoms with Gasteiger partial charge in [-0.25, -0.2) is 0 Å². The largest absolute Gasteiger partial charge is 0.372 e. The highest BCUT2D eigenvalue weighted by atomic mass is 16.1. The van der Waals surface area contributed by atoms with Gasteiger partial charge in [-0.05, 0) is 56.2 Å². The molecule has 1 aromatic rings. The molecule has 1 aromatic carbocycles. The molecule has 0 radical (unpaired) electrons. The maximum atomic E-state index is 12.1. The van der Waals surface area contributed by atoms with E-state index in [1.165, 1.54) is 56.4 Å². The Morgan fingerprint density at radius 1 is 1.00 bits per heavy atom. The van der Waals surface area contributed by atoms with Crippen LogP contribution in [0.4, 0.5) is 5.69 Å². The number of benzene rings is 1. The molecule has 2 aliphatic rings. The summed E-state index contributed by atoms with van der Waals surface area (Å²) in [4.78, 5) is 14.6. The van der Waals surface area contributed by atoms with Crippen LogP contribution in [0.1, 0.15) is 56.9 Å². The second-order valence-corrected chi connectivity index (χ2v) is 7.09. The van der Waals surface area contributed by atoms with Gasteiger partial charge in [0.2, 0.25) is 5.91 Å². The minimum absolute atomic E-state index is 0.281. The molecule has 126 valence electrons. The number of hydrogen-bond donors (Lipinski definition) is 1. The lowest BCUT2D eigenvalue weighted by molar-refractivity contribution is -0.125. The highest BCUT2D eigenvalue weighted by Gasteiger charge is 2.20. The molecule has 1 heterocycles. The molecule has 0 spiro atoms. The zero-order valence-electron chi connectivity index (χ0n) is 14.2. The topological polar surface area (TPSA) is 32.3 Å². The van der Waals surface area contributed by atoms with E-state index in [2.05, 4.69) is 34.5 Å². The lowest BCUT2D eigenvalue weighted by atomic mass is 9.88. The standard InChI is InChI=1S/C20H30N2O/c23-20(18-8-2-1-3-9-18)21-14-6-7-17-10-12-19(13-11-17)22-15-4-5-16-22/h10-13,18H,1-9,14-16H2,(H,21,23). The average molecular weight is 314 g/mol. The second-order valence-electron chi connectivity index (χ2n) is 7.09. The Kier molecular flexibility index (Phi) is 5.95. The van der Waals surface area contributed by atoms with Gasteiger partial charge in [-0.15, -0.1) is 0 Å². The number of aryl methyl sites for hydroxylation is 1. The Hall–Kier alpha value is -1.51. The molecule has 1 N–H and O–H groups in total. The summed E-state index contributed by atoms with van der Waals surface area (Å²) in [5.74, 6) is 0.567. The quantitative estimate of drug-likeness (QED) is 0.807. The van der Waals surface area contributed by atoms with Gasteiger partial charge >= 0.3 is 0 Å². The number of carbonyl (C=O) groups is 1. The van der Waals surface area contributed by atoms with Crippen molar-refractivity contribution < 1.29 is 4.79 Å². The number of rotatable bonds is 6. The Morgan fingerprint density at radius 2 is 1.70 bits per heavy atom.